The van der Waals surface area contributed by atoms with Gasteiger partial charge in [-0.1, -0.05) is 0 Å². The predicted octanol–water partition coefficient (Wildman–Crippen LogP) is 2.33. The van der Waals surface area contributed by atoms with Crippen molar-refractivity contribution >= 4 is 47.2 Å². The van der Waals surface area contributed by atoms with Gasteiger partial charge in [0.05, 0.1) is 17.0 Å². The molecule has 0 saturated heterocycles. The van der Waals surface area contributed by atoms with E-state index in [0.717, 1.165) is 30.5 Å². The molecular formula is C16H30IN5OS. The summed E-state index contributed by atoms with van der Waals surface area (Å²) in [5.41, 5.74) is -0.523. The summed E-state index contributed by atoms with van der Waals surface area (Å²) in [6, 6.07) is 0. The number of hydrogen-bond donors (Lipinski definition) is 3. The summed E-state index contributed by atoms with van der Waals surface area (Å²) >= 11 is 1.72. The maximum atomic E-state index is 12.0. The average Bonchev–Trinajstić information content (AvgIpc) is 2.90. The van der Waals surface area contributed by atoms with Crippen LogP contribution in [0, 0.1) is 12.3 Å². The summed E-state index contributed by atoms with van der Waals surface area (Å²) in [6.07, 6.45) is 2.76. The van der Waals surface area contributed by atoms with E-state index in [0.29, 0.717) is 13.1 Å². The molecule has 1 amide bonds. The molecule has 0 spiro atoms. The van der Waals surface area contributed by atoms with Crippen molar-refractivity contribution in [2.24, 2.45) is 10.4 Å². The van der Waals surface area contributed by atoms with Gasteiger partial charge in [-0.15, -0.1) is 35.3 Å². The monoisotopic (exact) mass is 467 g/mol. The van der Waals surface area contributed by atoms with E-state index in [2.05, 4.69) is 32.9 Å². The van der Waals surface area contributed by atoms with Crippen LogP contribution in [0.25, 0.3) is 0 Å². The second-order valence-electron chi connectivity index (χ2n) is 5.98. The van der Waals surface area contributed by atoms with Gasteiger partial charge in [0.15, 0.2) is 5.96 Å². The lowest BCUT2D eigenvalue weighted by molar-refractivity contribution is -0.128. The minimum atomic E-state index is -0.523. The molecule has 0 aliphatic carbocycles. The highest BCUT2D eigenvalue weighted by molar-refractivity contribution is 14.0. The van der Waals surface area contributed by atoms with Crippen LogP contribution in [0.1, 0.15) is 37.6 Å². The average molecular weight is 467 g/mol. The van der Waals surface area contributed by atoms with Crippen molar-refractivity contribution < 1.29 is 4.79 Å². The van der Waals surface area contributed by atoms with Crippen LogP contribution in [-0.2, 0) is 11.2 Å². The second kappa shape index (κ2) is 11.6. The van der Waals surface area contributed by atoms with Crippen molar-refractivity contribution in [3.63, 3.8) is 0 Å². The van der Waals surface area contributed by atoms with E-state index in [1.54, 1.807) is 11.3 Å². The van der Waals surface area contributed by atoms with E-state index in [1.807, 2.05) is 33.9 Å². The number of hydrogen-bond acceptors (Lipinski definition) is 4. The van der Waals surface area contributed by atoms with Crippen LogP contribution in [0.2, 0.25) is 0 Å². The van der Waals surface area contributed by atoms with Crippen LogP contribution in [0.15, 0.2) is 11.2 Å². The lowest BCUT2D eigenvalue weighted by atomic mass is 9.92. The summed E-state index contributed by atoms with van der Waals surface area (Å²) < 4.78 is 0. The van der Waals surface area contributed by atoms with Crippen LogP contribution in [0.5, 0.6) is 0 Å². The fraction of sp³-hybridized carbons (Fsp3) is 0.688. The molecule has 1 heterocycles. The van der Waals surface area contributed by atoms with Crippen LogP contribution in [0.3, 0.4) is 0 Å². The minimum Gasteiger partial charge on any atom is -0.357 e. The summed E-state index contributed by atoms with van der Waals surface area (Å²) in [7, 11) is 0. The van der Waals surface area contributed by atoms with Gasteiger partial charge < -0.3 is 16.0 Å². The Morgan fingerprint density at radius 1 is 1.25 bits per heavy atom. The summed E-state index contributed by atoms with van der Waals surface area (Å²) in [4.78, 5) is 22.1. The lowest BCUT2D eigenvalue weighted by Gasteiger charge is -2.22. The Labute approximate surface area is 166 Å². The van der Waals surface area contributed by atoms with Gasteiger partial charge in [0.1, 0.15) is 0 Å². The van der Waals surface area contributed by atoms with E-state index >= 15 is 0 Å². The van der Waals surface area contributed by atoms with Gasteiger partial charge in [0, 0.05) is 37.1 Å². The number of rotatable bonds is 8. The van der Waals surface area contributed by atoms with Crippen molar-refractivity contribution in [3.8, 4) is 0 Å². The molecule has 138 valence electrons. The first kappa shape index (κ1) is 23.1. The number of amides is 1. The predicted molar refractivity (Wildman–Crippen MR) is 112 cm³/mol. The van der Waals surface area contributed by atoms with E-state index in [1.165, 1.54) is 4.88 Å². The molecule has 0 bridgehead atoms. The van der Waals surface area contributed by atoms with Gasteiger partial charge in [0.2, 0.25) is 5.91 Å². The number of aromatic nitrogens is 1. The lowest BCUT2D eigenvalue weighted by Crippen LogP contribution is -2.42. The number of nitrogens with zero attached hydrogens (tertiary/aromatic N) is 2. The number of carbonyl (C=O) groups excluding carboxylic acids is 1. The van der Waals surface area contributed by atoms with Gasteiger partial charge >= 0.3 is 0 Å². The normalized spacial score (nSPS) is 11.6. The Hall–Kier alpha value is -0.900. The molecule has 6 nitrogen and oxygen atoms in total. The van der Waals surface area contributed by atoms with Crippen LogP contribution < -0.4 is 16.0 Å². The number of carbonyl (C=O) groups is 1. The van der Waals surface area contributed by atoms with Crippen molar-refractivity contribution in [1.29, 1.82) is 0 Å². The molecule has 0 radical (unpaired) electrons. The summed E-state index contributed by atoms with van der Waals surface area (Å²) in [5, 5.41) is 10.5. The fourth-order valence-corrected chi connectivity index (χ4v) is 2.68. The number of aryl methyl sites for hydroxylation is 1. The number of aliphatic imine (C=N–C) groups is 1. The number of thiazole rings is 1. The molecule has 24 heavy (non-hydrogen) atoms. The van der Waals surface area contributed by atoms with Gasteiger partial charge in [-0.25, -0.2) is 4.98 Å². The standard InChI is InChI=1S/C16H29N5OS.HI/c1-6-17-14(22)16(4,5)11-21-15(18-7-2)19-9-8-13-20-10-12(3)23-13;/h10H,6-9,11H2,1-5H3,(H,17,22)(H2,18,19,21);1H. The Morgan fingerprint density at radius 2 is 1.92 bits per heavy atom. The van der Waals surface area contributed by atoms with E-state index < -0.39 is 5.41 Å². The van der Waals surface area contributed by atoms with Gasteiger partial charge in [0.25, 0.3) is 0 Å². The number of nitrogens with one attached hydrogen (secondary N) is 3. The molecule has 8 heteroatoms. The highest BCUT2D eigenvalue weighted by Gasteiger charge is 2.26. The van der Waals surface area contributed by atoms with Crippen molar-refractivity contribution in [2.45, 2.75) is 41.0 Å². The molecule has 0 fully saturated rings. The molecule has 0 unspecified atom stereocenters. The topological polar surface area (TPSA) is 78.4 Å². The molecule has 0 aromatic carbocycles. The van der Waals surface area contributed by atoms with Gasteiger partial charge in [-0.2, -0.15) is 0 Å². The molecular weight excluding hydrogens is 437 g/mol. The fourth-order valence-electron chi connectivity index (χ4n) is 1.89. The second-order valence-corrected chi connectivity index (χ2v) is 7.30. The molecule has 1 rings (SSSR count). The molecule has 3 N–H and O–H groups in total. The van der Waals surface area contributed by atoms with Crippen LogP contribution in [-0.4, -0.2) is 43.0 Å². The van der Waals surface area contributed by atoms with Gasteiger partial charge in [-0.3, -0.25) is 9.79 Å². The van der Waals surface area contributed by atoms with Crippen molar-refractivity contribution in [3.05, 3.63) is 16.1 Å². The van der Waals surface area contributed by atoms with Crippen LogP contribution >= 0.6 is 35.3 Å². The number of halogens is 1. The molecule has 1 aromatic rings. The molecule has 0 aliphatic rings. The minimum absolute atomic E-state index is 0. The van der Waals surface area contributed by atoms with Crippen molar-refractivity contribution in [1.82, 2.24) is 20.9 Å². The Bertz CT molecular complexity index is 530. The molecule has 0 atom stereocenters. The zero-order valence-electron chi connectivity index (χ0n) is 15.2. The van der Waals surface area contributed by atoms with Crippen LogP contribution in [0.4, 0.5) is 0 Å². The van der Waals surface area contributed by atoms with E-state index in [9.17, 15) is 4.79 Å². The molecule has 1 aromatic heterocycles. The quantitative estimate of drug-likeness (QED) is 0.312. The molecule has 0 saturated carbocycles. The van der Waals surface area contributed by atoms with Crippen molar-refractivity contribution in [2.75, 3.05) is 26.2 Å². The zero-order valence-corrected chi connectivity index (χ0v) is 18.4. The maximum Gasteiger partial charge on any atom is 0.227 e. The number of guanidine groups is 1. The van der Waals surface area contributed by atoms with E-state index in [-0.39, 0.29) is 29.9 Å². The third-order valence-corrected chi connectivity index (χ3v) is 4.20. The first-order valence-electron chi connectivity index (χ1n) is 8.10. The third-order valence-electron chi connectivity index (χ3n) is 3.23. The maximum absolute atomic E-state index is 12.0. The summed E-state index contributed by atoms with van der Waals surface area (Å²) in [6.45, 7) is 12.4. The Kier molecular flexibility index (Phi) is 11.2. The smallest absolute Gasteiger partial charge is 0.227 e. The highest BCUT2D eigenvalue weighted by Crippen LogP contribution is 2.15. The first-order chi connectivity index (χ1) is 10.9. The first-order valence-corrected chi connectivity index (χ1v) is 8.92. The van der Waals surface area contributed by atoms with Gasteiger partial charge in [-0.05, 0) is 34.6 Å². The largest absolute Gasteiger partial charge is 0.357 e. The summed E-state index contributed by atoms with van der Waals surface area (Å²) in [5.74, 6) is 0.760. The Balaban J connectivity index is 0.00000529. The van der Waals surface area contributed by atoms with E-state index in [4.69, 9.17) is 0 Å². The third kappa shape index (κ3) is 8.27. The highest BCUT2D eigenvalue weighted by atomic mass is 127. The molecule has 0 aliphatic heterocycles. The zero-order chi connectivity index (χ0) is 17.3. The Morgan fingerprint density at radius 3 is 2.46 bits per heavy atom. The SMILES string of the molecule is CCNC(=O)C(C)(C)CN=C(NCC)NCCc1ncc(C)s1.I.